The molecule has 0 radical (unpaired) electrons. The Kier molecular flexibility index (Phi) is 3.78. The highest BCUT2D eigenvalue weighted by Crippen LogP contribution is 2.25. The van der Waals surface area contributed by atoms with E-state index in [1.807, 2.05) is 13.2 Å². The van der Waals surface area contributed by atoms with E-state index in [2.05, 4.69) is 34.3 Å². The van der Waals surface area contributed by atoms with Gasteiger partial charge in [-0.1, -0.05) is 13.0 Å². The molecule has 0 aromatic carbocycles. The smallest absolute Gasteiger partial charge is 0.128 e. The molecule has 16 heavy (non-hydrogen) atoms. The lowest BCUT2D eigenvalue weighted by Gasteiger charge is -2.24. The Bertz CT molecular complexity index is 320. The monoisotopic (exact) mass is 219 g/mol. The van der Waals surface area contributed by atoms with Crippen LogP contribution in [-0.4, -0.2) is 24.6 Å². The lowest BCUT2D eigenvalue weighted by Crippen LogP contribution is -2.29. The summed E-state index contributed by atoms with van der Waals surface area (Å²) < 4.78 is 0. The predicted octanol–water partition coefficient (Wildman–Crippen LogP) is 2.18. The van der Waals surface area contributed by atoms with E-state index in [1.54, 1.807) is 0 Å². The molecule has 1 unspecified atom stereocenters. The Morgan fingerprint density at radius 1 is 1.50 bits per heavy atom. The van der Waals surface area contributed by atoms with Crippen LogP contribution in [0.5, 0.6) is 0 Å². The number of nitrogens with zero attached hydrogens (tertiary/aromatic N) is 2. The Morgan fingerprint density at radius 3 is 3.00 bits per heavy atom. The third-order valence-electron chi connectivity index (χ3n) is 3.33. The van der Waals surface area contributed by atoms with Crippen molar-refractivity contribution in [1.82, 2.24) is 10.3 Å². The molecule has 1 fully saturated rings. The summed E-state index contributed by atoms with van der Waals surface area (Å²) in [4.78, 5) is 7.01. The third kappa shape index (κ3) is 2.35. The molecule has 1 aromatic heterocycles. The van der Waals surface area contributed by atoms with Crippen LogP contribution in [0.3, 0.4) is 0 Å². The summed E-state index contributed by atoms with van der Waals surface area (Å²) in [7, 11) is 1.96. The van der Waals surface area contributed by atoms with E-state index in [9.17, 15) is 0 Å². The molecule has 0 bridgehead atoms. The molecule has 1 aliphatic rings. The lowest BCUT2D eigenvalue weighted by molar-refractivity contribution is 0.640. The van der Waals surface area contributed by atoms with E-state index in [0.717, 1.165) is 18.9 Å². The SMILES string of the molecule is CCC1CCCN1c1ccc(CNC)cn1. The van der Waals surface area contributed by atoms with Gasteiger partial charge in [0.05, 0.1) is 0 Å². The molecule has 1 N–H and O–H groups in total. The fourth-order valence-electron chi connectivity index (χ4n) is 2.46. The van der Waals surface area contributed by atoms with Crippen LogP contribution >= 0.6 is 0 Å². The second kappa shape index (κ2) is 5.30. The number of hydrogen-bond donors (Lipinski definition) is 1. The summed E-state index contributed by atoms with van der Waals surface area (Å²) in [6.45, 7) is 4.32. The Labute approximate surface area is 97.9 Å². The first-order chi connectivity index (χ1) is 7.85. The van der Waals surface area contributed by atoms with Gasteiger partial charge in [0.25, 0.3) is 0 Å². The summed E-state index contributed by atoms with van der Waals surface area (Å²) in [6, 6.07) is 5.02. The molecule has 3 heteroatoms. The minimum Gasteiger partial charge on any atom is -0.354 e. The lowest BCUT2D eigenvalue weighted by atomic mass is 10.2. The molecule has 88 valence electrons. The van der Waals surface area contributed by atoms with E-state index in [1.165, 1.54) is 24.8 Å². The van der Waals surface area contributed by atoms with Gasteiger partial charge in [0, 0.05) is 25.3 Å². The maximum absolute atomic E-state index is 4.56. The van der Waals surface area contributed by atoms with Gasteiger partial charge >= 0.3 is 0 Å². The molecule has 2 rings (SSSR count). The molecule has 3 nitrogen and oxygen atoms in total. The molecule has 0 aliphatic carbocycles. The van der Waals surface area contributed by atoms with E-state index < -0.39 is 0 Å². The zero-order chi connectivity index (χ0) is 11.4. The Balaban J connectivity index is 2.08. The highest BCUT2D eigenvalue weighted by Gasteiger charge is 2.23. The molecule has 0 amide bonds. The molecule has 1 atom stereocenters. The first-order valence-corrected chi connectivity index (χ1v) is 6.21. The summed E-state index contributed by atoms with van der Waals surface area (Å²) in [5.74, 6) is 1.14. The van der Waals surface area contributed by atoms with Gasteiger partial charge < -0.3 is 10.2 Å². The first kappa shape index (κ1) is 11.4. The highest BCUT2D eigenvalue weighted by atomic mass is 15.2. The van der Waals surface area contributed by atoms with Gasteiger partial charge in [0.2, 0.25) is 0 Å². The topological polar surface area (TPSA) is 28.2 Å². The standard InChI is InChI=1S/C13H21N3/c1-3-12-5-4-8-16(12)13-7-6-11(9-14-2)10-15-13/h6-7,10,12,14H,3-5,8-9H2,1-2H3. The average Bonchev–Trinajstić information content (AvgIpc) is 2.78. The fraction of sp³-hybridized carbons (Fsp3) is 0.615. The first-order valence-electron chi connectivity index (χ1n) is 6.21. The second-order valence-electron chi connectivity index (χ2n) is 4.45. The van der Waals surface area contributed by atoms with Crippen LogP contribution in [0.25, 0.3) is 0 Å². The Hall–Kier alpha value is -1.09. The molecule has 1 saturated heterocycles. The van der Waals surface area contributed by atoms with Crippen molar-refractivity contribution in [3.05, 3.63) is 23.9 Å². The van der Waals surface area contributed by atoms with Crippen LogP contribution in [0.4, 0.5) is 5.82 Å². The van der Waals surface area contributed by atoms with Crippen molar-refractivity contribution >= 4 is 5.82 Å². The summed E-state index contributed by atoms with van der Waals surface area (Å²) in [5.41, 5.74) is 1.25. The van der Waals surface area contributed by atoms with Crippen molar-refractivity contribution in [2.24, 2.45) is 0 Å². The van der Waals surface area contributed by atoms with E-state index in [4.69, 9.17) is 0 Å². The number of hydrogen-bond acceptors (Lipinski definition) is 3. The molecule has 0 saturated carbocycles. The minimum absolute atomic E-state index is 0.697. The van der Waals surface area contributed by atoms with Crippen molar-refractivity contribution in [1.29, 1.82) is 0 Å². The molecule has 1 aliphatic heterocycles. The van der Waals surface area contributed by atoms with Crippen molar-refractivity contribution in [2.45, 2.75) is 38.8 Å². The summed E-state index contributed by atoms with van der Waals surface area (Å²) in [6.07, 6.45) is 5.83. The van der Waals surface area contributed by atoms with Crippen LogP contribution < -0.4 is 10.2 Å². The van der Waals surface area contributed by atoms with Gasteiger partial charge in [-0.25, -0.2) is 4.98 Å². The number of aromatic nitrogens is 1. The van der Waals surface area contributed by atoms with Crippen molar-refractivity contribution < 1.29 is 0 Å². The van der Waals surface area contributed by atoms with Crippen molar-refractivity contribution in [3.8, 4) is 0 Å². The quantitative estimate of drug-likeness (QED) is 0.841. The number of anilines is 1. The van der Waals surface area contributed by atoms with E-state index in [0.29, 0.717) is 6.04 Å². The largest absolute Gasteiger partial charge is 0.354 e. The minimum atomic E-state index is 0.697. The Morgan fingerprint density at radius 2 is 2.38 bits per heavy atom. The van der Waals surface area contributed by atoms with E-state index in [-0.39, 0.29) is 0 Å². The van der Waals surface area contributed by atoms with Crippen LogP contribution in [0.15, 0.2) is 18.3 Å². The van der Waals surface area contributed by atoms with Crippen LogP contribution in [0.1, 0.15) is 31.7 Å². The normalized spacial score (nSPS) is 20.4. The van der Waals surface area contributed by atoms with E-state index >= 15 is 0 Å². The van der Waals surface area contributed by atoms with Gasteiger partial charge in [0.1, 0.15) is 5.82 Å². The van der Waals surface area contributed by atoms with Gasteiger partial charge in [-0.2, -0.15) is 0 Å². The molecule has 2 heterocycles. The number of pyridine rings is 1. The maximum Gasteiger partial charge on any atom is 0.128 e. The van der Waals surface area contributed by atoms with Crippen molar-refractivity contribution in [3.63, 3.8) is 0 Å². The third-order valence-corrected chi connectivity index (χ3v) is 3.33. The highest BCUT2D eigenvalue weighted by molar-refractivity contribution is 5.41. The van der Waals surface area contributed by atoms with Crippen LogP contribution in [0.2, 0.25) is 0 Å². The number of nitrogens with one attached hydrogen (secondary N) is 1. The molecular formula is C13H21N3. The van der Waals surface area contributed by atoms with Gasteiger partial charge in [-0.3, -0.25) is 0 Å². The molecule has 1 aromatic rings. The average molecular weight is 219 g/mol. The zero-order valence-electron chi connectivity index (χ0n) is 10.2. The predicted molar refractivity (Wildman–Crippen MR) is 67.7 cm³/mol. The number of rotatable bonds is 4. The summed E-state index contributed by atoms with van der Waals surface area (Å²) >= 11 is 0. The fourth-order valence-corrected chi connectivity index (χ4v) is 2.46. The molecule has 0 spiro atoms. The molecular weight excluding hydrogens is 198 g/mol. The maximum atomic E-state index is 4.56. The van der Waals surface area contributed by atoms with Gasteiger partial charge in [0.15, 0.2) is 0 Å². The van der Waals surface area contributed by atoms with Gasteiger partial charge in [-0.05, 0) is 37.9 Å². The van der Waals surface area contributed by atoms with Crippen LogP contribution in [0, 0.1) is 0 Å². The summed E-state index contributed by atoms with van der Waals surface area (Å²) in [5, 5.41) is 3.14. The van der Waals surface area contributed by atoms with Gasteiger partial charge in [-0.15, -0.1) is 0 Å². The van der Waals surface area contributed by atoms with Crippen LogP contribution in [-0.2, 0) is 6.54 Å². The zero-order valence-corrected chi connectivity index (χ0v) is 10.2. The van der Waals surface area contributed by atoms with Crippen molar-refractivity contribution in [2.75, 3.05) is 18.5 Å². The second-order valence-corrected chi connectivity index (χ2v) is 4.45.